The Morgan fingerprint density at radius 2 is 1.76 bits per heavy atom. The van der Waals surface area contributed by atoms with Crippen molar-refractivity contribution in [3.05, 3.63) is 0 Å². The van der Waals surface area contributed by atoms with Crippen molar-refractivity contribution in [3.63, 3.8) is 0 Å². The Bertz CT molecular complexity index is 371. The number of rotatable bonds is 2. The second-order valence-corrected chi connectivity index (χ2v) is 7.61. The van der Waals surface area contributed by atoms with E-state index in [4.69, 9.17) is 0 Å². The lowest BCUT2D eigenvalue weighted by Crippen LogP contribution is -2.53. The van der Waals surface area contributed by atoms with E-state index in [9.17, 15) is 9.90 Å². The minimum atomic E-state index is -0.529. The zero-order valence-electron chi connectivity index (χ0n) is 13.4. The van der Waals surface area contributed by atoms with E-state index in [1.807, 2.05) is 6.92 Å². The molecule has 2 unspecified atom stereocenters. The number of piperidine rings is 2. The average Bonchev–Trinajstić information content (AvgIpc) is 2.49. The molecular weight excluding hydrogens is 264 g/mol. The van der Waals surface area contributed by atoms with E-state index in [2.05, 4.69) is 9.80 Å². The Morgan fingerprint density at radius 1 is 1.10 bits per heavy atom. The molecule has 3 fully saturated rings. The van der Waals surface area contributed by atoms with Gasteiger partial charge in [0.2, 0.25) is 5.91 Å². The van der Waals surface area contributed by atoms with Gasteiger partial charge in [0.25, 0.3) is 0 Å². The molecule has 0 aromatic carbocycles. The van der Waals surface area contributed by atoms with Crippen LogP contribution in [0.25, 0.3) is 0 Å². The number of amides is 1. The molecule has 0 spiro atoms. The van der Waals surface area contributed by atoms with Gasteiger partial charge in [-0.2, -0.15) is 0 Å². The van der Waals surface area contributed by atoms with Crippen LogP contribution in [0.2, 0.25) is 0 Å². The molecule has 0 aromatic heterocycles. The highest BCUT2D eigenvalue weighted by atomic mass is 16.3. The summed E-state index contributed by atoms with van der Waals surface area (Å²) in [6, 6.07) is 0.521. The molecular formula is C17H30N2O2. The fourth-order valence-electron chi connectivity index (χ4n) is 4.41. The predicted molar refractivity (Wildman–Crippen MR) is 83.0 cm³/mol. The van der Waals surface area contributed by atoms with Gasteiger partial charge in [-0.15, -0.1) is 0 Å². The molecule has 0 aromatic rings. The first-order valence-electron chi connectivity index (χ1n) is 8.79. The van der Waals surface area contributed by atoms with Crippen LogP contribution >= 0.6 is 0 Å². The van der Waals surface area contributed by atoms with Crippen LogP contribution in [0, 0.1) is 5.92 Å². The zero-order chi connectivity index (χ0) is 14.9. The average molecular weight is 294 g/mol. The normalized spacial score (nSPS) is 33.5. The number of fused-ring (bicyclic) bond motifs is 1. The SMILES string of the molecule is CC1(O)CCN(CC(=O)N2CCCC3CCCCC32)CC1. The molecule has 2 saturated heterocycles. The first-order chi connectivity index (χ1) is 10.1. The van der Waals surface area contributed by atoms with Crippen molar-refractivity contribution in [2.75, 3.05) is 26.2 Å². The van der Waals surface area contributed by atoms with E-state index >= 15 is 0 Å². The predicted octanol–water partition coefficient (Wildman–Crippen LogP) is 2.01. The van der Waals surface area contributed by atoms with Crippen molar-refractivity contribution in [2.24, 2.45) is 5.92 Å². The van der Waals surface area contributed by atoms with Gasteiger partial charge in [0.15, 0.2) is 0 Å². The van der Waals surface area contributed by atoms with Gasteiger partial charge in [0, 0.05) is 25.7 Å². The molecule has 4 heteroatoms. The van der Waals surface area contributed by atoms with E-state index in [1.54, 1.807) is 0 Å². The molecule has 21 heavy (non-hydrogen) atoms. The molecule has 2 heterocycles. The number of hydrogen-bond acceptors (Lipinski definition) is 3. The maximum Gasteiger partial charge on any atom is 0.237 e. The minimum absolute atomic E-state index is 0.327. The van der Waals surface area contributed by atoms with E-state index in [0.717, 1.165) is 38.4 Å². The summed E-state index contributed by atoms with van der Waals surface area (Å²) in [6.45, 7) is 5.12. The number of likely N-dealkylation sites (tertiary alicyclic amines) is 2. The topological polar surface area (TPSA) is 43.8 Å². The third-order valence-electron chi connectivity index (χ3n) is 5.86. The fourth-order valence-corrected chi connectivity index (χ4v) is 4.41. The number of hydrogen-bond donors (Lipinski definition) is 1. The van der Waals surface area contributed by atoms with Gasteiger partial charge in [-0.1, -0.05) is 12.8 Å². The van der Waals surface area contributed by atoms with Crippen molar-refractivity contribution in [1.29, 1.82) is 0 Å². The largest absolute Gasteiger partial charge is 0.390 e. The monoisotopic (exact) mass is 294 g/mol. The van der Waals surface area contributed by atoms with Crippen LogP contribution in [0.1, 0.15) is 58.3 Å². The fraction of sp³-hybridized carbons (Fsp3) is 0.941. The standard InChI is InChI=1S/C17H30N2O2/c1-17(21)8-11-18(12-9-17)13-16(20)19-10-4-6-14-5-2-3-7-15(14)19/h14-15,21H,2-13H2,1H3. The van der Waals surface area contributed by atoms with Gasteiger partial charge in [-0.05, 0) is 51.4 Å². The molecule has 1 aliphatic carbocycles. The lowest BCUT2D eigenvalue weighted by molar-refractivity contribution is -0.139. The van der Waals surface area contributed by atoms with Crippen molar-refractivity contribution < 1.29 is 9.90 Å². The number of carbonyl (C=O) groups excluding carboxylic acids is 1. The highest BCUT2D eigenvalue weighted by molar-refractivity contribution is 5.78. The Kier molecular flexibility index (Phi) is 4.55. The van der Waals surface area contributed by atoms with Gasteiger partial charge < -0.3 is 10.0 Å². The Hall–Kier alpha value is -0.610. The smallest absolute Gasteiger partial charge is 0.237 e. The lowest BCUT2D eigenvalue weighted by Gasteiger charge is -2.45. The molecule has 2 aliphatic heterocycles. The maximum absolute atomic E-state index is 12.7. The van der Waals surface area contributed by atoms with Gasteiger partial charge in [0.1, 0.15) is 0 Å². The van der Waals surface area contributed by atoms with Crippen molar-refractivity contribution >= 4 is 5.91 Å². The third kappa shape index (κ3) is 3.59. The summed E-state index contributed by atoms with van der Waals surface area (Å²) in [5, 5.41) is 10.0. The minimum Gasteiger partial charge on any atom is -0.390 e. The highest BCUT2D eigenvalue weighted by Gasteiger charge is 2.36. The molecule has 0 radical (unpaired) electrons. The van der Waals surface area contributed by atoms with E-state index in [1.165, 1.54) is 38.5 Å². The Balaban J connectivity index is 1.55. The van der Waals surface area contributed by atoms with E-state index in [0.29, 0.717) is 18.5 Å². The van der Waals surface area contributed by atoms with Crippen LogP contribution in [0.15, 0.2) is 0 Å². The Labute approximate surface area is 128 Å². The van der Waals surface area contributed by atoms with Gasteiger partial charge in [-0.25, -0.2) is 0 Å². The molecule has 3 aliphatic rings. The molecule has 2 atom stereocenters. The van der Waals surface area contributed by atoms with Gasteiger partial charge in [-0.3, -0.25) is 9.69 Å². The molecule has 0 bridgehead atoms. The zero-order valence-corrected chi connectivity index (χ0v) is 13.4. The summed E-state index contributed by atoms with van der Waals surface area (Å²) < 4.78 is 0. The number of aliphatic hydroxyl groups is 1. The molecule has 1 N–H and O–H groups in total. The van der Waals surface area contributed by atoms with Crippen LogP contribution in [0.3, 0.4) is 0 Å². The second kappa shape index (κ2) is 6.25. The van der Waals surface area contributed by atoms with Crippen molar-refractivity contribution in [3.8, 4) is 0 Å². The lowest BCUT2D eigenvalue weighted by atomic mass is 9.78. The number of carbonyl (C=O) groups is 1. The summed E-state index contributed by atoms with van der Waals surface area (Å²) in [4.78, 5) is 17.1. The summed E-state index contributed by atoms with van der Waals surface area (Å²) >= 11 is 0. The summed E-state index contributed by atoms with van der Waals surface area (Å²) in [5.41, 5.74) is -0.529. The molecule has 4 nitrogen and oxygen atoms in total. The summed E-state index contributed by atoms with van der Waals surface area (Å²) in [7, 11) is 0. The maximum atomic E-state index is 12.7. The van der Waals surface area contributed by atoms with Gasteiger partial charge >= 0.3 is 0 Å². The summed E-state index contributed by atoms with van der Waals surface area (Å²) in [5.74, 6) is 1.09. The quantitative estimate of drug-likeness (QED) is 0.847. The van der Waals surface area contributed by atoms with E-state index in [-0.39, 0.29) is 0 Å². The van der Waals surface area contributed by atoms with Crippen LogP contribution in [0.5, 0.6) is 0 Å². The van der Waals surface area contributed by atoms with Gasteiger partial charge in [0.05, 0.1) is 12.1 Å². The molecule has 3 rings (SSSR count). The summed E-state index contributed by atoms with van der Waals surface area (Å²) in [6.07, 6.45) is 9.25. The van der Waals surface area contributed by atoms with Crippen LogP contribution < -0.4 is 0 Å². The van der Waals surface area contributed by atoms with Crippen molar-refractivity contribution in [1.82, 2.24) is 9.80 Å². The Morgan fingerprint density at radius 3 is 2.52 bits per heavy atom. The molecule has 1 amide bonds. The highest BCUT2D eigenvalue weighted by Crippen LogP contribution is 2.35. The second-order valence-electron chi connectivity index (χ2n) is 7.61. The molecule has 120 valence electrons. The van der Waals surface area contributed by atoms with E-state index < -0.39 is 5.60 Å². The third-order valence-corrected chi connectivity index (χ3v) is 5.86. The number of nitrogens with zero attached hydrogens (tertiary/aromatic N) is 2. The van der Waals surface area contributed by atoms with Crippen LogP contribution in [0.4, 0.5) is 0 Å². The van der Waals surface area contributed by atoms with Crippen LogP contribution in [-0.2, 0) is 4.79 Å². The van der Waals surface area contributed by atoms with Crippen molar-refractivity contribution in [2.45, 2.75) is 69.9 Å². The first kappa shape index (κ1) is 15.3. The van der Waals surface area contributed by atoms with Crippen LogP contribution in [-0.4, -0.2) is 58.6 Å². The first-order valence-corrected chi connectivity index (χ1v) is 8.79. The molecule has 1 saturated carbocycles.